The molecule has 1 saturated heterocycles. The molecule has 0 aliphatic carbocycles. The maximum atomic E-state index is 13.2. The molecule has 2 N–H and O–H groups in total. The summed E-state index contributed by atoms with van der Waals surface area (Å²) >= 11 is 0. The number of hydrogen-bond acceptors (Lipinski definition) is 2. The van der Waals surface area contributed by atoms with Crippen molar-refractivity contribution in [1.29, 1.82) is 0 Å². The standard InChI is InChI=1S/C10H13FN2/c11-9-3-1-2-4-10(9)13-8-5-6-12-7-8/h1-4,8,12-13H,5-7H2. The highest BCUT2D eigenvalue weighted by atomic mass is 19.1. The fraction of sp³-hybridized carbons (Fsp3) is 0.400. The molecule has 1 aliphatic heterocycles. The van der Waals surface area contributed by atoms with Crippen LogP contribution in [0.2, 0.25) is 0 Å². The molecule has 2 nitrogen and oxygen atoms in total. The summed E-state index contributed by atoms with van der Waals surface area (Å²) in [5, 5.41) is 6.40. The zero-order valence-corrected chi connectivity index (χ0v) is 7.39. The number of benzene rings is 1. The van der Waals surface area contributed by atoms with E-state index in [1.165, 1.54) is 6.07 Å². The molecular weight excluding hydrogens is 167 g/mol. The first-order chi connectivity index (χ1) is 6.36. The lowest BCUT2D eigenvalue weighted by molar-refractivity contribution is 0.626. The van der Waals surface area contributed by atoms with Crippen LogP contribution in [0.4, 0.5) is 10.1 Å². The van der Waals surface area contributed by atoms with E-state index in [1.807, 2.05) is 6.07 Å². The molecule has 0 bridgehead atoms. The Morgan fingerprint density at radius 3 is 2.92 bits per heavy atom. The van der Waals surface area contributed by atoms with Crippen LogP contribution in [-0.4, -0.2) is 19.1 Å². The lowest BCUT2D eigenvalue weighted by Crippen LogP contribution is -2.22. The molecule has 0 radical (unpaired) electrons. The summed E-state index contributed by atoms with van der Waals surface area (Å²) in [5.41, 5.74) is 0.608. The molecule has 0 aromatic heterocycles. The highest BCUT2D eigenvalue weighted by molar-refractivity contribution is 5.45. The average Bonchev–Trinajstić information content (AvgIpc) is 2.61. The van der Waals surface area contributed by atoms with Crippen molar-refractivity contribution < 1.29 is 4.39 Å². The summed E-state index contributed by atoms with van der Waals surface area (Å²) < 4.78 is 13.2. The number of para-hydroxylation sites is 1. The highest BCUT2D eigenvalue weighted by Crippen LogP contribution is 2.15. The molecule has 1 heterocycles. The smallest absolute Gasteiger partial charge is 0.146 e. The third-order valence-electron chi connectivity index (χ3n) is 2.29. The predicted octanol–water partition coefficient (Wildman–Crippen LogP) is 1.60. The normalized spacial score (nSPS) is 21.8. The van der Waals surface area contributed by atoms with Crippen molar-refractivity contribution in [3.05, 3.63) is 30.1 Å². The first-order valence-electron chi connectivity index (χ1n) is 4.58. The van der Waals surface area contributed by atoms with Crippen molar-refractivity contribution >= 4 is 5.69 Å². The topological polar surface area (TPSA) is 24.1 Å². The van der Waals surface area contributed by atoms with Crippen molar-refractivity contribution in [2.45, 2.75) is 12.5 Å². The van der Waals surface area contributed by atoms with Crippen LogP contribution < -0.4 is 10.6 Å². The third kappa shape index (κ3) is 1.98. The minimum Gasteiger partial charge on any atom is -0.379 e. The molecule has 0 spiro atoms. The Morgan fingerprint density at radius 2 is 2.23 bits per heavy atom. The first-order valence-corrected chi connectivity index (χ1v) is 4.58. The minimum absolute atomic E-state index is 0.172. The quantitative estimate of drug-likeness (QED) is 0.722. The van der Waals surface area contributed by atoms with Gasteiger partial charge in [-0.2, -0.15) is 0 Å². The van der Waals surface area contributed by atoms with E-state index in [4.69, 9.17) is 0 Å². The summed E-state index contributed by atoms with van der Waals surface area (Å²) in [6, 6.07) is 7.16. The fourth-order valence-corrected chi connectivity index (χ4v) is 1.58. The zero-order valence-electron chi connectivity index (χ0n) is 7.39. The van der Waals surface area contributed by atoms with Gasteiger partial charge in [0.1, 0.15) is 5.82 Å². The third-order valence-corrected chi connectivity index (χ3v) is 2.29. The van der Waals surface area contributed by atoms with E-state index >= 15 is 0 Å². The van der Waals surface area contributed by atoms with Gasteiger partial charge in [-0.25, -0.2) is 4.39 Å². The van der Waals surface area contributed by atoms with Crippen LogP contribution in [0.3, 0.4) is 0 Å². The summed E-state index contributed by atoms with van der Waals surface area (Å²) in [6.45, 7) is 1.94. The maximum Gasteiger partial charge on any atom is 0.146 e. The predicted molar refractivity (Wildman–Crippen MR) is 51.3 cm³/mol. The molecule has 1 atom stereocenters. The SMILES string of the molecule is Fc1ccccc1NC1CCNC1. The fourth-order valence-electron chi connectivity index (χ4n) is 1.58. The number of nitrogens with one attached hydrogen (secondary N) is 2. The van der Waals surface area contributed by atoms with Gasteiger partial charge in [-0.1, -0.05) is 12.1 Å². The van der Waals surface area contributed by atoms with Crippen LogP contribution in [-0.2, 0) is 0 Å². The Bertz CT molecular complexity index is 282. The van der Waals surface area contributed by atoms with E-state index in [9.17, 15) is 4.39 Å². The Labute approximate surface area is 77.2 Å². The molecule has 70 valence electrons. The van der Waals surface area contributed by atoms with Gasteiger partial charge in [0.05, 0.1) is 5.69 Å². The Balaban J connectivity index is 2.04. The summed E-state index contributed by atoms with van der Waals surface area (Å²) in [5.74, 6) is -0.172. The van der Waals surface area contributed by atoms with Crippen LogP contribution in [0.15, 0.2) is 24.3 Å². The van der Waals surface area contributed by atoms with Gasteiger partial charge in [-0.05, 0) is 25.1 Å². The van der Waals surface area contributed by atoms with Crippen molar-refractivity contribution in [3.63, 3.8) is 0 Å². The number of anilines is 1. The molecular formula is C10H13FN2. The van der Waals surface area contributed by atoms with Crippen LogP contribution >= 0.6 is 0 Å². The van der Waals surface area contributed by atoms with Crippen LogP contribution in [0, 0.1) is 5.82 Å². The average molecular weight is 180 g/mol. The van der Waals surface area contributed by atoms with Gasteiger partial charge in [0.2, 0.25) is 0 Å². The van der Waals surface area contributed by atoms with E-state index in [0.717, 1.165) is 19.5 Å². The summed E-state index contributed by atoms with van der Waals surface area (Å²) in [7, 11) is 0. The van der Waals surface area contributed by atoms with Crippen LogP contribution in [0.25, 0.3) is 0 Å². The van der Waals surface area contributed by atoms with Crippen LogP contribution in [0.5, 0.6) is 0 Å². The van der Waals surface area contributed by atoms with Gasteiger partial charge in [0, 0.05) is 12.6 Å². The van der Waals surface area contributed by atoms with Crippen molar-refractivity contribution in [1.82, 2.24) is 5.32 Å². The zero-order chi connectivity index (χ0) is 9.10. The molecule has 0 saturated carbocycles. The van der Waals surface area contributed by atoms with Gasteiger partial charge in [0.15, 0.2) is 0 Å². The highest BCUT2D eigenvalue weighted by Gasteiger charge is 2.14. The van der Waals surface area contributed by atoms with Gasteiger partial charge < -0.3 is 10.6 Å². The van der Waals surface area contributed by atoms with Gasteiger partial charge in [-0.15, -0.1) is 0 Å². The van der Waals surface area contributed by atoms with Gasteiger partial charge in [-0.3, -0.25) is 0 Å². The summed E-state index contributed by atoms with van der Waals surface area (Å²) in [6.07, 6.45) is 1.06. The molecule has 13 heavy (non-hydrogen) atoms. The van der Waals surface area contributed by atoms with Crippen molar-refractivity contribution in [2.24, 2.45) is 0 Å². The first kappa shape index (κ1) is 8.51. The Kier molecular flexibility index (Phi) is 2.45. The molecule has 3 heteroatoms. The molecule has 1 aromatic carbocycles. The van der Waals surface area contributed by atoms with Crippen LogP contribution in [0.1, 0.15) is 6.42 Å². The monoisotopic (exact) mass is 180 g/mol. The van der Waals surface area contributed by atoms with E-state index in [2.05, 4.69) is 10.6 Å². The second-order valence-corrected chi connectivity index (χ2v) is 3.31. The van der Waals surface area contributed by atoms with Crippen molar-refractivity contribution in [3.8, 4) is 0 Å². The number of rotatable bonds is 2. The minimum atomic E-state index is -0.172. The summed E-state index contributed by atoms with van der Waals surface area (Å²) in [4.78, 5) is 0. The second-order valence-electron chi connectivity index (χ2n) is 3.31. The van der Waals surface area contributed by atoms with Gasteiger partial charge in [0.25, 0.3) is 0 Å². The Hall–Kier alpha value is -1.09. The van der Waals surface area contributed by atoms with E-state index in [-0.39, 0.29) is 5.82 Å². The largest absolute Gasteiger partial charge is 0.379 e. The van der Waals surface area contributed by atoms with E-state index in [1.54, 1.807) is 12.1 Å². The number of halogens is 1. The van der Waals surface area contributed by atoms with Crippen molar-refractivity contribution in [2.75, 3.05) is 18.4 Å². The van der Waals surface area contributed by atoms with E-state index in [0.29, 0.717) is 11.7 Å². The molecule has 1 fully saturated rings. The molecule has 1 unspecified atom stereocenters. The molecule has 2 rings (SSSR count). The lowest BCUT2D eigenvalue weighted by Gasteiger charge is -2.12. The second kappa shape index (κ2) is 3.75. The van der Waals surface area contributed by atoms with E-state index < -0.39 is 0 Å². The molecule has 1 aliphatic rings. The number of hydrogen-bond donors (Lipinski definition) is 2. The van der Waals surface area contributed by atoms with Gasteiger partial charge >= 0.3 is 0 Å². The lowest BCUT2D eigenvalue weighted by atomic mass is 10.2. The molecule has 1 aromatic rings. The molecule has 0 amide bonds. The Morgan fingerprint density at radius 1 is 1.38 bits per heavy atom. The maximum absolute atomic E-state index is 13.2.